The van der Waals surface area contributed by atoms with Crippen LogP contribution in [-0.2, 0) is 11.8 Å². The van der Waals surface area contributed by atoms with Gasteiger partial charge >= 0.3 is 6.03 Å². The van der Waals surface area contributed by atoms with Crippen LogP contribution in [0.3, 0.4) is 0 Å². The predicted molar refractivity (Wildman–Crippen MR) is 104 cm³/mol. The van der Waals surface area contributed by atoms with Gasteiger partial charge in [-0.15, -0.1) is 0 Å². The van der Waals surface area contributed by atoms with Crippen LogP contribution in [-0.4, -0.2) is 27.8 Å². The highest BCUT2D eigenvalue weighted by Crippen LogP contribution is 2.22. The van der Waals surface area contributed by atoms with Crippen molar-refractivity contribution in [2.75, 3.05) is 10.6 Å². The molecule has 0 spiro atoms. The molecule has 0 radical (unpaired) electrons. The van der Waals surface area contributed by atoms with Gasteiger partial charge in [0, 0.05) is 24.7 Å². The first-order chi connectivity index (χ1) is 12.3. The summed E-state index contributed by atoms with van der Waals surface area (Å²) in [6.07, 6.45) is 2.99. The van der Waals surface area contributed by atoms with Crippen LogP contribution in [0.1, 0.15) is 25.1 Å². The fourth-order valence-electron chi connectivity index (χ4n) is 2.29. The fourth-order valence-corrected chi connectivity index (χ4v) is 2.53. The highest BCUT2D eigenvalue weighted by atomic mass is 35.5. The first kappa shape index (κ1) is 19.5. The second-order valence-corrected chi connectivity index (χ2v) is 6.39. The predicted octanol–water partition coefficient (Wildman–Crippen LogP) is 3.56. The second kappa shape index (κ2) is 8.53. The van der Waals surface area contributed by atoms with E-state index in [-0.39, 0.29) is 18.0 Å². The van der Waals surface area contributed by atoms with Gasteiger partial charge in [0.25, 0.3) is 0 Å². The summed E-state index contributed by atoms with van der Waals surface area (Å²) >= 11 is 6.14. The molecule has 138 valence electrons. The molecule has 3 amide bonds. The van der Waals surface area contributed by atoms with Crippen molar-refractivity contribution >= 4 is 41.0 Å². The minimum Gasteiger partial charge on any atom is -0.336 e. The zero-order valence-electron chi connectivity index (χ0n) is 15.1. The summed E-state index contributed by atoms with van der Waals surface area (Å²) in [5, 5.41) is 12.8. The van der Waals surface area contributed by atoms with Gasteiger partial charge in [-0.05, 0) is 39.0 Å². The monoisotopic (exact) mass is 375 g/mol. The highest BCUT2D eigenvalue weighted by Gasteiger charge is 2.10. The molecule has 0 fully saturated rings. The summed E-state index contributed by atoms with van der Waals surface area (Å²) < 4.78 is 1.54. The van der Waals surface area contributed by atoms with Crippen molar-refractivity contribution in [1.29, 1.82) is 0 Å². The lowest BCUT2D eigenvalue weighted by molar-refractivity contribution is -0.111. The van der Waals surface area contributed by atoms with Gasteiger partial charge in [-0.3, -0.25) is 9.48 Å². The van der Waals surface area contributed by atoms with Crippen LogP contribution in [0.4, 0.5) is 16.2 Å². The number of hydrogen-bond acceptors (Lipinski definition) is 3. The number of benzene rings is 1. The summed E-state index contributed by atoms with van der Waals surface area (Å²) in [6.45, 7) is 5.54. The van der Waals surface area contributed by atoms with Crippen LogP contribution in [0.2, 0.25) is 5.15 Å². The summed E-state index contributed by atoms with van der Waals surface area (Å²) in [6, 6.07) is 6.63. The molecule has 0 saturated heterocycles. The largest absolute Gasteiger partial charge is 0.336 e. The molecular formula is C18H22ClN5O2. The normalized spacial score (nSPS) is 11.0. The van der Waals surface area contributed by atoms with E-state index in [1.54, 1.807) is 42.1 Å². The van der Waals surface area contributed by atoms with E-state index in [0.717, 1.165) is 5.69 Å². The number of nitrogens with zero attached hydrogens (tertiary/aromatic N) is 2. The number of amides is 3. The number of carbonyl (C=O) groups excluding carboxylic acids is 2. The molecule has 0 aliphatic heterocycles. The van der Waals surface area contributed by atoms with Gasteiger partial charge in [0.15, 0.2) is 0 Å². The lowest BCUT2D eigenvalue weighted by Gasteiger charge is -2.13. The van der Waals surface area contributed by atoms with Crippen LogP contribution in [0, 0.1) is 6.92 Å². The molecule has 2 aromatic rings. The maximum Gasteiger partial charge on any atom is 0.319 e. The third kappa shape index (κ3) is 5.10. The maximum atomic E-state index is 12.2. The average Bonchev–Trinajstić information content (AvgIpc) is 2.79. The first-order valence-electron chi connectivity index (χ1n) is 8.12. The Morgan fingerprint density at radius 1 is 1.19 bits per heavy atom. The highest BCUT2D eigenvalue weighted by molar-refractivity contribution is 6.31. The minimum absolute atomic E-state index is 0.00663. The number of aromatic nitrogens is 2. The molecule has 0 saturated carbocycles. The third-order valence-corrected chi connectivity index (χ3v) is 3.90. The molecule has 26 heavy (non-hydrogen) atoms. The SMILES string of the molecule is Cc1nn(C)c(Cl)c1/C=C/C(=O)Nc1ccccc1NC(=O)NC(C)C. The average molecular weight is 376 g/mol. The van der Waals surface area contributed by atoms with E-state index >= 15 is 0 Å². The Balaban J connectivity index is 2.09. The zero-order valence-corrected chi connectivity index (χ0v) is 15.9. The van der Waals surface area contributed by atoms with Gasteiger partial charge in [0.05, 0.1) is 17.1 Å². The van der Waals surface area contributed by atoms with E-state index in [1.165, 1.54) is 6.08 Å². The fraction of sp³-hybridized carbons (Fsp3) is 0.278. The molecule has 2 rings (SSSR count). The van der Waals surface area contributed by atoms with Gasteiger partial charge in [0.2, 0.25) is 5.91 Å². The van der Waals surface area contributed by atoms with E-state index in [1.807, 2.05) is 20.8 Å². The molecule has 1 aromatic carbocycles. The van der Waals surface area contributed by atoms with E-state index in [4.69, 9.17) is 11.6 Å². The second-order valence-electron chi connectivity index (χ2n) is 6.03. The number of anilines is 2. The number of aryl methyl sites for hydroxylation is 2. The standard InChI is InChI=1S/C18H22ClN5O2/c1-11(2)20-18(26)22-15-8-6-5-7-14(15)21-16(25)10-9-13-12(3)23-24(4)17(13)19/h5-11H,1-4H3,(H,21,25)(H2,20,22,26)/b10-9+. The van der Waals surface area contributed by atoms with Gasteiger partial charge < -0.3 is 16.0 Å². The van der Waals surface area contributed by atoms with Crippen molar-refractivity contribution in [3.05, 3.63) is 46.8 Å². The van der Waals surface area contributed by atoms with E-state index in [9.17, 15) is 9.59 Å². The molecule has 8 heteroatoms. The number of hydrogen-bond donors (Lipinski definition) is 3. The molecular weight excluding hydrogens is 354 g/mol. The van der Waals surface area contributed by atoms with Gasteiger partial charge in [0.1, 0.15) is 5.15 Å². The molecule has 0 unspecified atom stereocenters. The van der Waals surface area contributed by atoms with Gasteiger partial charge in [-0.25, -0.2) is 4.79 Å². The Morgan fingerprint density at radius 3 is 2.35 bits per heavy atom. The molecule has 0 atom stereocenters. The van der Waals surface area contributed by atoms with Crippen molar-refractivity contribution in [2.45, 2.75) is 26.8 Å². The summed E-state index contributed by atoms with van der Waals surface area (Å²) in [5.41, 5.74) is 2.42. The maximum absolute atomic E-state index is 12.2. The quantitative estimate of drug-likeness (QED) is 0.698. The number of nitrogens with one attached hydrogen (secondary N) is 3. The Labute approximate surface area is 157 Å². The Kier molecular flexibility index (Phi) is 6.41. The Morgan fingerprint density at radius 2 is 1.81 bits per heavy atom. The molecule has 3 N–H and O–H groups in total. The molecule has 0 aliphatic rings. The lowest BCUT2D eigenvalue weighted by Crippen LogP contribution is -2.34. The van der Waals surface area contributed by atoms with Crippen molar-refractivity contribution in [3.63, 3.8) is 0 Å². The van der Waals surface area contributed by atoms with Crippen LogP contribution in [0.25, 0.3) is 6.08 Å². The van der Waals surface area contributed by atoms with Crippen LogP contribution < -0.4 is 16.0 Å². The summed E-state index contributed by atoms with van der Waals surface area (Å²) in [5.74, 6) is -0.345. The smallest absolute Gasteiger partial charge is 0.319 e. The molecule has 0 aliphatic carbocycles. The van der Waals surface area contributed by atoms with Gasteiger partial charge in [-0.2, -0.15) is 5.10 Å². The zero-order chi connectivity index (χ0) is 19.3. The molecule has 1 heterocycles. The molecule has 1 aromatic heterocycles. The topological polar surface area (TPSA) is 88.1 Å². The van der Waals surface area contributed by atoms with Gasteiger partial charge in [-0.1, -0.05) is 23.7 Å². The van der Waals surface area contributed by atoms with Crippen molar-refractivity contribution in [1.82, 2.24) is 15.1 Å². The van der Waals surface area contributed by atoms with Crippen molar-refractivity contribution < 1.29 is 9.59 Å². The van der Waals surface area contributed by atoms with Crippen molar-refractivity contribution in [3.8, 4) is 0 Å². The van der Waals surface area contributed by atoms with Crippen LogP contribution in [0.15, 0.2) is 30.3 Å². The summed E-state index contributed by atoms with van der Waals surface area (Å²) in [7, 11) is 1.73. The summed E-state index contributed by atoms with van der Waals surface area (Å²) in [4.78, 5) is 24.1. The number of halogens is 1. The first-order valence-corrected chi connectivity index (χ1v) is 8.50. The molecule has 0 bridgehead atoms. The van der Waals surface area contributed by atoms with Crippen molar-refractivity contribution in [2.24, 2.45) is 7.05 Å². The number of rotatable bonds is 5. The van der Waals surface area contributed by atoms with E-state index < -0.39 is 0 Å². The number of carbonyl (C=O) groups is 2. The number of urea groups is 1. The Bertz CT molecular complexity index is 842. The van der Waals surface area contributed by atoms with E-state index in [2.05, 4.69) is 21.0 Å². The minimum atomic E-state index is -0.345. The third-order valence-electron chi connectivity index (χ3n) is 3.45. The Hall–Kier alpha value is -2.80. The van der Waals surface area contributed by atoms with Crippen LogP contribution >= 0.6 is 11.6 Å². The number of para-hydroxylation sites is 2. The van der Waals surface area contributed by atoms with Crippen LogP contribution in [0.5, 0.6) is 0 Å². The molecule has 7 nitrogen and oxygen atoms in total. The van der Waals surface area contributed by atoms with E-state index in [0.29, 0.717) is 22.1 Å². The lowest BCUT2D eigenvalue weighted by atomic mass is 10.2.